The summed E-state index contributed by atoms with van der Waals surface area (Å²) in [5, 5.41) is 4.83. The van der Waals surface area contributed by atoms with Crippen molar-refractivity contribution in [1.29, 1.82) is 0 Å². The molecule has 0 bridgehead atoms. The Morgan fingerprint density at radius 2 is 0.849 bits per heavy atom. The van der Waals surface area contributed by atoms with Gasteiger partial charge in [0.15, 0.2) is 17.5 Å². The highest BCUT2D eigenvalue weighted by Crippen LogP contribution is 2.37. The van der Waals surface area contributed by atoms with Gasteiger partial charge in [0.25, 0.3) is 0 Å². The largest absolute Gasteiger partial charge is 0.294 e. The molecule has 0 saturated heterocycles. The molecule has 0 saturated carbocycles. The van der Waals surface area contributed by atoms with E-state index in [1.54, 1.807) is 0 Å². The molecule has 0 atom stereocenters. The van der Waals surface area contributed by atoms with Gasteiger partial charge in [0.05, 0.1) is 11.0 Å². The van der Waals surface area contributed by atoms with Gasteiger partial charge in [-0.25, -0.2) is 19.9 Å². The van der Waals surface area contributed by atoms with Gasteiger partial charge in [-0.2, -0.15) is 0 Å². The Bertz CT molecular complexity index is 2850. The molecular formula is C48H31N5. The van der Waals surface area contributed by atoms with Crippen LogP contribution in [0.15, 0.2) is 188 Å². The molecule has 0 amide bonds. The highest BCUT2D eigenvalue weighted by Gasteiger charge is 2.18. The Kier molecular flexibility index (Phi) is 7.40. The summed E-state index contributed by atoms with van der Waals surface area (Å²) < 4.78 is 2.25. The second kappa shape index (κ2) is 12.8. The van der Waals surface area contributed by atoms with Gasteiger partial charge in [0.1, 0.15) is 11.5 Å². The minimum atomic E-state index is 0.508. The summed E-state index contributed by atoms with van der Waals surface area (Å²) >= 11 is 0. The first-order valence-corrected chi connectivity index (χ1v) is 17.7. The number of hydrogen-bond acceptors (Lipinski definition) is 4. The maximum atomic E-state index is 5.28. The molecule has 0 spiro atoms. The van der Waals surface area contributed by atoms with Crippen LogP contribution in [0.2, 0.25) is 0 Å². The molecule has 0 fully saturated rings. The van der Waals surface area contributed by atoms with Crippen LogP contribution in [0.25, 0.3) is 94.9 Å². The summed E-state index contributed by atoms with van der Waals surface area (Å²) in [4.78, 5) is 20.6. The van der Waals surface area contributed by atoms with E-state index in [4.69, 9.17) is 19.9 Å². The summed E-state index contributed by atoms with van der Waals surface area (Å²) in [6.07, 6.45) is 0. The van der Waals surface area contributed by atoms with Crippen molar-refractivity contribution in [1.82, 2.24) is 24.5 Å². The molecule has 10 rings (SSSR count). The first-order valence-electron chi connectivity index (χ1n) is 17.7. The lowest BCUT2D eigenvalue weighted by Crippen LogP contribution is -2.03. The van der Waals surface area contributed by atoms with Gasteiger partial charge in [-0.15, -0.1) is 0 Å². The minimum Gasteiger partial charge on any atom is -0.294 e. The molecule has 3 aromatic heterocycles. The second-order valence-corrected chi connectivity index (χ2v) is 13.1. The Hall–Kier alpha value is -7.24. The van der Waals surface area contributed by atoms with E-state index >= 15 is 0 Å². The number of rotatable bonds is 6. The zero-order chi connectivity index (χ0) is 35.1. The number of aromatic nitrogens is 5. The number of fused-ring (bicyclic) bond motifs is 5. The standard InChI is InChI=1S/C48H31N5/c1-3-14-32(15-4-1)35-19-11-21-37(30-35)46-50-47(38-22-12-20-36(31-38)33-16-5-2-6-17-33)52-48(51-46)41-25-13-27-44(49-41)53-42-26-10-9-24-40(42)45-39-23-8-7-18-34(39)28-29-43(45)53/h1-31H. The summed E-state index contributed by atoms with van der Waals surface area (Å²) in [5.74, 6) is 2.48. The fourth-order valence-corrected chi connectivity index (χ4v) is 7.34. The van der Waals surface area contributed by atoms with Crippen molar-refractivity contribution in [3.8, 4) is 62.4 Å². The number of hydrogen-bond donors (Lipinski definition) is 0. The highest BCUT2D eigenvalue weighted by molar-refractivity contribution is 6.21. The van der Waals surface area contributed by atoms with E-state index < -0.39 is 0 Å². The fraction of sp³-hybridized carbons (Fsp3) is 0. The first-order chi connectivity index (χ1) is 26.3. The van der Waals surface area contributed by atoms with E-state index in [1.165, 1.54) is 21.5 Å². The SMILES string of the molecule is c1ccc(-c2cccc(-c3nc(-c4cccc(-c5ccccc5)c4)nc(-c4cccc(-n5c6ccccc6c6c7ccccc7ccc65)n4)n3)c2)cc1. The van der Waals surface area contributed by atoms with Crippen LogP contribution in [0.5, 0.6) is 0 Å². The second-order valence-electron chi connectivity index (χ2n) is 13.1. The summed E-state index contributed by atoms with van der Waals surface area (Å²) in [5.41, 5.74) is 9.12. The van der Waals surface area contributed by atoms with E-state index in [0.29, 0.717) is 23.2 Å². The average molecular weight is 678 g/mol. The van der Waals surface area contributed by atoms with E-state index in [1.807, 2.05) is 24.3 Å². The van der Waals surface area contributed by atoms with Gasteiger partial charge in [-0.3, -0.25) is 4.57 Å². The zero-order valence-electron chi connectivity index (χ0n) is 28.6. The normalized spacial score (nSPS) is 11.4. The number of nitrogens with zero attached hydrogens (tertiary/aromatic N) is 5. The molecule has 0 unspecified atom stereocenters. The lowest BCUT2D eigenvalue weighted by Gasteiger charge is -2.12. The number of para-hydroxylation sites is 1. The van der Waals surface area contributed by atoms with Gasteiger partial charge in [0.2, 0.25) is 0 Å². The average Bonchev–Trinajstić information content (AvgIpc) is 3.59. The summed E-state index contributed by atoms with van der Waals surface area (Å²) in [6.45, 7) is 0. The Balaban J connectivity index is 1.16. The monoisotopic (exact) mass is 677 g/mol. The van der Waals surface area contributed by atoms with E-state index in [9.17, 15) is 0 Å². The predicted octanol–water partition coefficient (Wildman–Crippen LogP) is 11.9. The van der Waals surface area contributed by atoms with Crippen LogP contribution in [-0.4, -0.2) is 24.5 Å². The molecule has 0 aliphatic carbocycles. The lowest BCUT2D eigenvalue weighted by molar-refractivity contribution is 1.03. The first kappa shape index (κ1) is 30.6. The molecule has 10 aromatic rings. The van der Waals surface area contributed by atoms with Crippen LogP contribution in [0.3, 0.4) is 0 Å². The van der Waals surface area contributed by atoms with E-state index in [0.717, 1.165) is 50.2 Å². The molecule has 0 aliphatic heterocycles. The van der Waals surface area contributed by atoms with Crippen LogP contribution < -0.4 is 0 Å². The van der Waals surface area contributed by atoms with Crippen molar-refractivity contribution in [2.45, 2.75) is 0 Å². The third-order valence-corrected chi connectivity index (χ3v) is 9.85. The quantitative estimate of drug-likeness (QED) is 0.176. The Labute approximate surface area is 306 Å². The van der Waals surface area contributed by atoms with Gasteiger partial charge in [0, 0.05) is 21.9 Å². The summed E-state index contributed by atoms with van der Waals surface area (Å²) in [7, 11) is 0. The maximum Gasteiger partial charge on any atom is 0.182 e. The van der Waals surface area contributed by atoms with Crippen molar-refractivity contribution >= 4 is 32.6 Å². The molecule has 5 nitrogen and oxygen atoms in total. The smallest absolute Gasteiger partial charge is 0.182 e. The van der Waals surface area contributed by atoms with Crippen molar-refractivity contribution in [3.05, 3.63) is 188 Å². The maximum absolute atomic E-state index is 5.28. The van der Waals surface area contributed by atoms with Crippen molar-refractivity contribution in [2.24, 2.45) is 0 Å². The lowest BCUT2D eigenvalue weighted by atomic mass is 10.0. The van der Waals surface area contributed by atoms with E-state index in [-0.39, 0.29) is 0 Å². The molecule has 3 heterocycles. The molecule has 0 radical (unpaired) electrons. The Morgan fingerprint density at radius 1 is 0.321 bits per heavy atom. The molecular weight excluding hydrogens is 647 g/mol. The minimum absolute atomic E-state index is 0.508. The molecule has 7 aromatic carbocycles. The van der Waals surface area contributed by atoms with Crippen molar-refractivity contribution < 1.29 is 0 Å². The molecule has 5 heteroatoms. The molecule has 248 valence electrons. The van der Waals surface area contributed by atoms with Crippen LogP contribution in [-0.2, 0) is 0 Å². The third kappa shape index (κ3) is 5.52. The van der Waals surface area contributed by atoms with Gasteiger partial charge in [-0.1, -0.05) is 152 Å². The number of benzene rings is 7. The predicted molar refractivity (Wildman–Crippen MR) is 217 cm³/mol. The van der Waals surface area contributed by atoms with Crippen molar-refractivity contribution in [2.75, 3.05) is 0 Å². The van der Waals surface area contributed by atoms with Crippen LogP contribution in [0.4, 0.5) is 0 Å². The van der Waals surface area contributed by atoms with Gasteiger partial charge < -0.3 is 0 Å². The molecule has 0 aliphatic rings. The zero-order valence-corrected chi connectivity index (χ0v) is 28.6. The molecule has 0 N–H and O–H groups in total. The van der Waals surface area contributed by atoms with Crippen molar-refractivity contribution in [3.63, 3.8) is 0 Å². The summed E-state index contributed by atoms with van der Waals surface area (Å²) in [6, 6.07) is 65.1. The van der Waals surface area contributed by atoms with Crippen LogP contribution >= 0.6 is 0 Å². The van der Waals surface area contributed by atoms with Crippen LogP contribution in [0.1, 0.15) is 0 Å². The van der Waals surface area contributed by atoms with Crippen LogP contribution in [0, 0.1) is 0 Å². The topological polar surface area (TPSA) is 56.5 Å². The highest BCUT2D eigenvalue weighted by atomic mass is 15.1. The third-order valence-electron chi connectivity index (χ3n) is 9.85. The van der Waals surface area contributed by atoms with Gasteiger partial charge in [-0.05, 0) is 69.4 Å². The van der Waals surface area contributed by atoms with Gasteiger partial charge >= 0.3 is 0 Å². The number of pyridine rings is 1. The fourth-order valence-electron chi connectivity index (χ4n) is 7.34. The molecule has 53 heavy (non-hydrogen) atoms. The van der Waals surface area contributed by atoms with E-state index in [2.05, 4.69) is 168 Å². The Morgan fingerprint density at radius 3 is 1.53 bits per heavy atom.